The lowest BCUT2D eigenvalue weighted by Gasteiger charge is -2.14. The zero-order valence-electron chi connectivity index (χ0n) is 22.3. The smallest absolute Gasteiger partial charge is 0.101 e. The van der Waals surface area contributed by atoms with Crippen molar-refractivity contribution in [3.63, 3.8) is 0 Å². The molecule has 0 saturated heterocycles. The zero-order valence-corrected chi connectivity index (χ0v) is 23.9. The Hall–Kier alpha value is -5.26. The van der Waals surface area contributed by atoms with Gasteiger partial charge in [-0.2, -0.15) is 10.5 Å². The molecule has 2 aromatic heterocycles. The minimum absolute atomic E-state index is 0.388. The second-order valence-electron chi connectivity index (χ2n) is 10.3. The van der Waals surface area contributed by atoms with Gasteiger partial charge in [0.05, 0.1) is 11.1 Å². The van der Waals surface area contributed by atoms with Crippen molar-refractivity contribution in [2.75, 3.05) is 0 Å². The van der Waals surface area contributed by atoms with Crippen molar-refractivity contribution in [3.05, 3.63) is 132 Å². The topological polar surface area (TPSA) is 47.6 Å². The van der Waals surface area contributed by atoms with E-state index in [1.807, 2.05) is 34.8 Å². The van der Waals surface area contributed by atoms with Gasteiger partial charge in [0.25, 0.3) is 0 Å². The first kappa shape index (κ1) is 24.5. The minimum atomic E-state index is 0.388. The molecule has 6 aromatic carbocycles. The lowest BCUT2D eigenvalue weighted by Crippen LogP contribution is -1.92. The molecule has 0 fully saturated rings. The Morgan fingerprint density at radius 3 is 1.40 bits per heavy atom. The molecule has 0 unspecified atom stereocenters. The van der Waals surface area contributed by atoms with Crippen LogP contribution in [0.2, 0.25) is 0 Å². The van der Waals surface area contributed by atoms with E-state index in [4.69, 9.17) is 0 Å². The maximum absolute atomic E-state index is 10.1. The molecule has 0 spiro atoms. The van der Waals surface area contributed by atoms with Crippen molar-refractivity contribution >= 4 is 63.0 Å². The van der Waals surface area contributed by atoms with Crippen LogP contribution < -0.4 is 0 Å². The van der Waals surface area contributed by atoms with Crippen LogP contribution in [0.3, 0.4) is 0 Å². The summed E-state index contributed by atoms with van der Waals surface area (Å²) in [6.07, 6.45) is 0. The molecule has 0 saturated carbocycles. The van der Waals surface area contributed by atoms with E-state index in [9.17, 15) is 10.5 Å². The predicted molar refractivity (Wildman–Crippen MR) is 178 cm³/mol. The van der Waals surface area contributed by atoms with E-state index in [1.54, 1.807) is 6.07 Å². The molecule has 2 heterocycles. The van der Waals surface area contributed by atoms with E-state index >= 15 is 0 Å². The molecular weight excluding hydrogens is 549 g/mol. The van der Waals surface area contributed by atoms with Crippen LogP contribution in [-0.4, -0.2) is 0 Å². The second kappa shape index (κ2) is 9.68. The molecule has 8 aromatic rings. The Labute approximate surface area is 250 Å². The van der Waals surface area contributed by atoms with Gasteiger partial charge in [-0.3, -0.25) is 0 Å². The van der Waals surface area contributed by atoms with Crippen LogP contribution >= 0.6 is 22.7 Å². The summed E-state index contributed by atoms with van der Waals surface area (Å²) >= 11 is 3.62. The summed E-state index contributed by atoms with van der Waals surface area (Å²) in [5.41, 5.74) is 6.96. The van der Waals surface area contributed by atoms with Gasteiger partial charge in [-0.1, -0.05) is 72.8 Å². The van der Waals surface area contributed by atoms with Gasteiger partial charge in [0.2, 0.25) is 0 Å². The Kier molecular flexibility index (Phi) is 5.66. The highest BCUT2D eigenvalue weighted by Gasteiger charge is 2.18. The molecule has 0 radical (unpaired) electrons. The number of hydrogen-bond acceptors (Lipinski definition) is 4. The lowest BCUT2D eigenvalue weighted by molar-refractivity contribution is 1.43. The van der Waals surface area contributed by atoms with Gasteiger partial charge in [0.15, 0.2) is 0 Å². The molecule has 0 aliphatic rings. The Morgan fingerprint density at radius 1 is 0.429 bits per heavy atom. The molecule has 0 bridgehead atoms. The van der Waals surface area contributed by atoms with Crippen LogP contribution in [0, 0.1) is 22.7 Å². The molecular formula is C38H20N2S2. The third-order valence-corrected chi connectivity index (χ3v) is 10.2. The second-order valence-corrected chi connectivity index (χ2v) is 12.5. The fourth-order valence-electron chi connectivity index (χ4n) is 6.13. The largest absolute Gasteiger partial charge is 0.192 e. The summed E-state index contributed by atoms with van der Waals surface area (Å²) in [6, 6.07) is 46.9. The van der Waals surface area contributed by atoms with E-state index < -0.39 is 0 Å². The van der Waals surface area contributed by atoms with Crippen molar-refractivity contribution in [2.24, 2.45) is 0 Å². The maximum atomic E-state index is 10.1. The SMILES string of the molecule is N#Cc1cccc(-c2cc(-c3cccc4sc5ccccc5c34)cc(-c3cccc4sc5ccccc5c34)c2)c1C#N. The van der Waals surface area contributed by atoms with Gasteiger partial charge >= 0.3 is 0 Å². The number of hydrogen-bond donors (Lipinski definition) is 0. The van der Waals surface area contributed by atoms with Gasteiger partial charge in [-0.15, -0.1) is 22.7 Å². The van der Waals surface area contributed by atoms with E-state index in [0.29, 0.717) is 11.1 Å². The zero-order chi connectivity index (χ0) is 28.2. The standard InChI is InChI=1S/C38H20N2S2/c39-21-23-8-5-11-27(32(23)22-40)24-18-25(28-12-6-16-35-37(28)30-9-1-3-14-33(30)41-35)20-26(19-24)29-13-7-17-36-38(29)31-10-2-4-15-34(31)42-36/h1-20H. The Bertz CT molecular complexity index is 2310. The first-order chi connectivity index (χ1) is 20.7. The number of fused-ring (bicyclic) bond motifs is 6. The van der Waals surface area contributed by atoms with Crippen LogP contribution in [0.15, 0.2) is 121 Å². The van der Waals surface area contributed by atoms with Gasteiger partial charge in [-0.25, -0.2) is 0 Å². The van der Waals surface area contributed by atoms with Gasteiger partial charge in [0, 0.05) is 45.9 Å². The van der Waals surface area contributed by atoms with E-state index in [-0.39, 0.29) is 0 Å². The molecule has 8 rings (SSSR count). The highest BCUT2D eigenvalue weighted by molar-refractivity contribution is 7.26. The minimum Gasteiger partial charge on any atom is -0.192 e. The van der Waals surface area contributed by atoms with E-state index in [1.165, 1.54) is 40.3 Å². The summed E-state index contributed by atoms with van der Waals surface area (Å²) in [6.45, 7) is 0. The van der Waals surface area contributed by atoms with Crippen molar-refractivity contribution < 1.29 is 0 Å². The van der Waals surface area contributed by atoms with Crippen LogP contribution in [0.1, 0.15) is 11.1 Å². The van der Waals surface area contributed by atoms with Crippen molar-refractivity contribution in [3.8, 4) is 45.5 Å². The fourth-order valence-corrected chi connectivity index (χ4v) is 8.40. The molecule has 4 heteroatoms. The number of nitriles is 2. The summed E-state index contributed by atoms with van der Waals surface area (Å²) in [5, 5.41) is 24.9. The van der Waals surface area contributed by atoms with E-state index in [0.717, 1.165) is 33.4 Å². The fraction of sp³-hybridized carbons (Fsp3) is 0. The highest BCUT2D eigenvalue weighted by Crippen LogP contribution is 2.45. The first-order valence-corrected chi connectivity index (χ1v) is 15.3. The summed E-state index contributed by atoms with van der Waals surface area (Å²) in [7, 11) is 0. The normalized spacial score (nSPS) is 11.3. The molecule has 0 atom stereocenters. The summed E-state index contributed by atoms with van der Waals surface area (Å²) in [4.78, 5) is 0. The van der Waals surface area contributed by atoms with Gasteiger partial charge in [0.1, 0.15) is 12.1 Å². The van der Waals surface area contributed by atoms with Crippen LogP contribution in [0.25, 0.3) is 73.7 Å². The van der Waals surface area contributed by atoms with Gasteiger partial charge < -0.3 is 0 Å². The van der Waals surface area contributed by atoms with E-state index in [2.05, 4.69) is 115 Å². The quantitative estimate of drug-likeness (QED) is 0.213. The maximum Gasteiger partial charge on any atom is 0.101 e. The van der Waals surface area contributed by atoms with Crippen LogP contribution in [-0.2, 0) is 0 Å². The van der Waals surface area contributed by atoms with Crippen LogP contribution in [0.5, 0.6) is 0 Å². The number of nitrogens with zero attached hydrogens (tertiary/aromatic N) is 2. The Balaban J connectivity index is 1.48. The molecule has 42 heavy (non-hydrogen) atoms. The van der Waals surface area contributed by atoms with Crippen molar-refractivity contribution in [2.45, 2.75) is 0 Å². The molecule has 0 amide bonds. The summed E-state index contributed by atoms with van der Waals surface area (Å²) < 4.78 is 5.02. The average molecular weight is 569 g/mol. The summed E-state index contributed by atoms with van der Waals surface area (Å²) in [5.74, 6) is 0. The number of thiophene rings is 2. The average Bonchev–Trinajstić information content (AvgIpc) is 3.62. The van der Waals surface area contributed by atoms with Crippen molar-refractivity contribution in [1.82, 2.24) is 0 Å². The molecule has 0 aliphatic heterocycles. The number of benzene rings is 6. The number of rotatable bonds is 3. The van der Waals surface area contributed by atoms with Gasteiger partial charge in [-0.05, 0) is 76.3 Å². The third-order valence-electron chi connectivity index (χ3n) is 7.97. The molecule has 0 N–H and O–H groups in total. The van der Waals surface area contributed by atoms with Crippen molar-refractivity contribution in [1.29, 1.82) is 10.5 Å². The molecule has 2 nitrogen and oxygen atoms in total. The monoisotopic (exact) mass is 568 g/mol. The Morgan fingerprint density at radius 2 is 0.881 bits per heavy atom. The van der Waals surface area contributed by atoms with Crippen LogP contribution in [0.4, 0.5) is 0 Å². The lowest BCUT2D eigenvalue weighted by atomic mass is 9.88. The highest BCUT2D eigenvalue weighted by atomic mass is 32.1. The molecule has 0 aliphatic carbocycles. The predicted octanol–water partition coefficient (Wildman–Crippen LogP) is 11.2. The third kappa shape index (κ3) is 3.75. The molecule has 194 valence electrons. The first-order valence-electron chi connectivity index (χ1n) is 13.6.